The topological polar surface area (TPSA) is 26.0 Å². The summed E-state index contributed by atoms with van der Waals surface area (Å²) in [6.07, 6.45) is 5.98. The lowest BCUT2D eigenvalue weighted by atomic mass is 9.52. The maximum atomic E-state index is 6.28. The average molecular weight is 245 g/mol. The lowest BCUT2D eigenvalue weighted by molar-refractivity contribution is 0.0438. The van der Waals surface area contributed by atoms with Crippen LogP contribution in [0.4, 0.5) is 0 Å². The second kappa shape index (κ2) is 5.44. The maximum Gasteiger partial charge on any atom is 0.0107 e. The van der Waals surface area contributed by atoms with E-state index in [1.54, 1.807) is 0 Å². The van der Waals surface area contributed by atoms with Gasteiger partial charge in [0.15, 0.2) is 0 Å². The quantitative estimate of drug-likeness (QED) is 0.824. The summed E-state index contributed by atoms with van der Waals surface area (Å²) in [6, 6.07) is 9.67. The Hall–Kier alpha value is -0.820. The molecule has 1 aromatic carbocycles. The van der Waals surface area contributed by atoms with E-state index in [1.807, 2.05) is 0 Å². The fourth-order valence-corrected chi connectivity index (χ4v) is 3.76. The van der Waals surface area contributed by atoms with Gasteiger partial charge in [0.1, 0.15) is 0 Å². The predicted molar refractivity (Wildman–Crippen MR) is 78.8 cm³/mol. The molecule has 2 atom stereocenters. The van der Waals surface area contributed by atoms with Crippen molar-refractivity contribution in [2.75, 3.05) is 0 Å². The van der Waals surface area contributed by atoms with E-state index < -0.39 is 0 Å². The van der Waals surface area contributed by atoms with Gasteiger partial charge in [0, 0.05) is 6.04 Å². The molecule has 0 spiro atoms. The molecule has 1 heteroatoms. The minimum atomic E-state index is 0.353. The second-order valence-electron chi connectivity index (χ2n) is 5.83. The van der Waals surface area contributed by atoms with Crippen LogP contribution in [0.1, 0.15) is 63.5 Å². The van der Waals surface area contributed by atoms with E-state index in [9.17, 15) is 0 Å². The van der Waals surface area contributed by atoms with Crippen molar-refractivity contribution >= 4 is 0 Å². The molecule has 1 nitrogen and oxygen atoms in total. The number of hydrogen-bond acceptors (Lipinski definition) is 1. The van der Waals surface area contributed by atoms with Gasteiger partial charge < -0.3 is 5.73 Å². The van der Waals surface area contributed by atoms with Crippen LogP contribution < -0.4 is 5.73 Å². The lowest BCUT2D eigenvalue weighted by Gasteiger charge is -2.55. The summed E-state index contributed by atoms with van der Waals surface area (Å²) >= 11 is 0. The van der Waals surface area contributed by atoms with Crippen LogP contribution in [0.15, 0.2) is 24.3 Å². The van der Waals surface area contributed by atoms with Gasteiger partial charge in [-0.25, -0.2) is 0 Å². The summed E-state index contributed by atoms with van der Waals surface area (Å²) in [6.45, 7) is 6.82. The highest BCUT2D eigenvalue weighted by Gasteiger charge is 2.50. The highest BCUT2D eigenvalue weighted by atomic mass is 14.8. The molecule has 0 aromatic heterocycles. The third-order valence-corrected chi connectivity index (χ3v) is 5.16. The van der Waals surface area contributed by atoms with Crippen LogP contribution in [-0.4, -0.2) is 6.04 Å². The van der Waals surface area contributed by atoms with E-state index in [1.165, 1.54) is 36.8 Å². The zero-order valence-corrected chi connectivity index (χ0v) is 12.1. The first kappa shape index (κ1) is 13.6. The largest absolute Gasteiger partial charge is 0.327 e. The summed E-state index contributed by atoms with van der Waals surface area (Å²) in [5, 5.41) is 0. The van der Waals surface area contributed by atoms with Gasteiger partial charge in [-0.15, -0.1) is 0 Å². The van der Waals surface area contributed by atoms with Crippen LogP contribution in [0, 0.1) is 5.41 Å². The van der Waals surface area contributed by atoms with E-state index in [0.29, 0.717) is 17.4 Å². The van der Waals surface area contributed by atoms with Crippen LogP contribution in [0.3, 0.4) is 0 Å². The Morgan fingerprint density at radius 1 is 1.11 bits per heavy atom. The molecule has 100 valence electrons. The maximum absolute atomic E-state index is 6.28. The van der Waals surface area contributed by atoms with Gasteiger partial charge in [0.05, 0.1) is 0 Å². The lowest BCUT2D eigenvalue weighted by Crippen LogP contribution is -2.55. The van der Waals surface area contributed by atoms with Crippen molar-refractivity contribution in [1.29, 1.82) is 0 Å². The molecule has 2 unspecified atom stereocenters. The number of aryl methyl sites for hydroxylation is 1. The van der Waals surface area contributed by atoms with Gasteiger partial charge in [0.25, 0.3) is 0 Å². The van der Waals surface area contributed by atoms with E-state index in [4.69, 9.17) is 5.73 Å². The smallest absolute Gasteiger partial charge is 0.0107 e. The summed E-state index contributed by atoms with van der Waals surface area (Å²) < 4.78 is 0. The minimum absolute atomic E-state index is 0.353. The molecule has 0 radical (unpaired) electrons. The molecule has 2 rings (SSSR count). The van der Waals surface area contributed by atoms with E-state index in [2.05, 4.69) is 45.0 Å². The first-order chi connectivity index (χ1) is 8.67. The van der Waals surface area contributed by atoms with Crippen LogP contribution >= 0.6 is 0 Å². The van der Waals surface area contributed by atoms with E-state index in [0.717, 1.165) is 6.42 Å². The Morgan fingerprint density at radius 2 is 1.72 bits per heavy atom. The highest BCUT2D eigenvalue weighted by Crippen LogP contribution is 2.56. The molecule has 0 heterocycles. The zero-order chi connectivity index (χ0) is 13.2. The fraction of sp³-hybridized carbons (Fsp3) is 0.647. The van der Waals surface area contributed by atoms with E-state index in [-0.39, 0.29) is 0 Å². The molecule has 2 N–H and O–H groups in total. The number of benzene rings is 1. The molecule has 0 saturated heterocycles. The van der Waals surface area contributed by atoms with Gasteiger partial charge in [-0.05, 0) is 48.1 Å². The van der Waals surface area contributed by atoms with Crippen molar-refractivity contribution in [3.63, 3.8) is 0 Å². The van der Waals surface area contributed by atoms with Crippen molar-refractivity contribution in [2.45, 2.75) is 64.8 Å². The standard InChI is InChI=1S/C17H27N/c1-4-7-13-8-10-14(11-9-13)15-12-16(18)17(15,5-2)6-3/h8-11,15-16H,4-7,12,18H2,1-3H3. The monoisotopic (exact) mass is 245 g/mol. The van der Waals surface area contributed by atoms with Crippen molar-refractivity contribution in [1.82, 2.24) is 0 Å². The Morgan fingerprint density at radius 3 is 2.17 bits per heavy atom. The van der Waals surface area contributed by atoms with Crippen molar-refractivity contribution in [3.8, 4) is 0 Å². The Kier molecular flexibility index (Phi) is 4.11. The summed E-state index contributed by atoms with van der Waals surface area (Å²) in [5.74, 6) is 0.679. The predicted octanol–water partition coefficient (Wildman–Crippen LogP) is 4.26. The normalized spacial score (nSPS) is 25.8. The molecule has 0 amide bonds. The summed E-state index contributed by atoms with van der Waals surface area (Å²) in [4.78, 5) is 0. The molecular formula is C17H27N. The molecular weight excluding hydrogens is 218 g/mol. The van der Waals surface area contributed by atoms with Crippen LogP contribution in [0.25, 0.3) is 0 Å². The summed E-state index contributed by atoms with van der Waals surface area (Å²) in [7, 11) is 0. The van der Waals surface area contributed by atoms with Crippen LogP contribution in [0.2, 0.25) is 0 Å². The molecule has 1 aliphatic rings. The van der Waals surface area contributed by atoms with Crippen molar-refractivity contribution < 1.29 is 0 Å². The zero-order valence-electron chi connectivity index (χ0n) is 12.1. The molecule has 1 aromatic rings. The van der Waals surface area contributed by atoms with E-state index >= 15 is 0 Å². The fourth-order valence-electron chi connectivity index (χ4n) is 3.76. The number of nitrogens with two attached hydrogens (primary N) is 1. The Balaban J connectivity index is 2.17. The Labute approximate surface area is 112 Å². The minimum Gasteiger partial charge on any atom is -0.327 e. The summed E-state index contributed by atoms with van der Waals surface area (Å²) in [5.41, 5.74) is 9.60. The molecule has 1 aliphatic carbocycles. The third-order valence-electron chi connectivity index (χ3n) is 5.16. The molecule has 18 heavy (non-hydrogen) atoms. The first-order valence-electron chi connectivity index (χ1n) is 7.52. The van der Waals surface area contributed by atoms with Gasteiger partial charge in [0.2, 0.25) is 0 Å². The average Bonchev–Trinajstić information content (AvgIpc) is 2.39. The van der Waals surface area contributed by atoms with Gasteiger partial charge in [-0.2, -0.15) is 0 Å². The van der Waals surface area contributed by atoms with Crippen molar-refractivity contribution in [2.24, 2.45) is 11.1 Å². The molecule has 0 aliphatic heterocycles. The SMILES string of the molecule is CCCc1ccc(C2CC(N)C2(CC)CC)cc1. The van der Waals surface area contributed by atoms with Crippen molar-refractivity contribution in [3.05, 3.63) is 35.4 Å². The third kappa shape index (κ3) is 2.09. The highest BCUT2D eigenvalue weighted by molar-refractivity contribution is 5.31. The van der Waals surface area contributed by atoms with Crippen LogP contribution in [-0.2, 0) is 6.42 Å². The molecule has 1 fully saturated rings. The van der Waals surface area contributed by atoms with Gasteiger partial charge in [-0.3, -0.25) is 0 Å². The van der Waals surface area contributed by atoms with Gasteiger partial charge in [-0.1, -0.05) is 51.5 Å². The van der Waals surface area contributed by atoms with Crippen LogP contribution in [0.5, 0.6) is 0 Å². The number of rotatable bonds is 5. The molecule has 0 bridgehead atoms. The van der Waals surface area contributed by atoms with Gasteiger partial charge >= 0.3 is 0 Å². The Bertz CT molecular complexity index is 375. The first-order valence-corrected chi connectivity index (χ1v) is 7.52. The second-order valence-corrected chi connectivity index (χ2v) is 5.83. The number of hydrogen-bond donors (Lipinski definition) is 1. The molecule has 1 saturated carbocycles.